The number of aromatic nitrogens is 1. The highest BCUT2D eigenvalue weighted by Gasteiger charge is 2.54. The molecule has 0 atom stereocenters. The first-order valence-corrected chi connectivity index (χ1v) is 12.1. The summed E-state index contributed by atoms with van der Waals surface area (Å²) in [6.07, 6.45) is 1.13. The van der Waals surface area contributed by atoms with Crippen LogP contribution < -0.4 is 9.46 Å². The van der Waals surface area contributed by atoms with E-state index in [1.807, 2.05) is 25.1 Å². The van der Waals surface area contributed by atoms with E-state index < -0.39 is 21.3 Å². The number of ether oxygens (including phenoxy) is 1. The molecule has 7 heteroatoms. The SMILES string of the molecule is COc1ccc(C(C)(C)C)cc1C1(C(=O)NS(=O)(=O)c2cccc3nc(C)ccc23)CC1. The Morgan fingerprint density at radius 1 is 1.09 bits per heavy atom. The van der Waals surface area contributed by atoms with E-state index in [1.165, 1.54) is 6.07 Å². The van der Waals surface area contributed by atoms with Gasteiger partial charge >= 0.3 is 0 Å². The molecule has 1 fully saturated rings. The summed E-state index contributed by atoms with van der Waals surface area (Å²) in [4.78, 5) is 17.8. The smallest absolute Gasteiger partial charge is 0.264 e. The lowest BCUT2D eigenvalue weighted by Crippen LogP contribution is -2.39. The van der Waals surface area contributed by atoms with Crippen LogP contribution in [0.25, 0.3) is 10.9 Å². The first-order chi connectivity index (χ1) is 15.0. The molecule has 1 amide bonds. The van der Waals surface area contributed by atoms with Gasteiger partial charge in [-0.3, -0.25) is 9.78 Å². The predicted molar refractivity (Wildman–Crippen MR) is 124 cm³/mol. The lowest BCUT2D eigenvalue weighted by molar-refractivity contribution is -0.121. The maximum absolute atomic E-state index is 13.4. The summed E-state index contributed by atoms with van der Waals surface area (Å²) in [5.74, 6) is 0.0619. The van der Waals surface area contributed by atoms with Gasteiger partial charge in [0.2, 0.25) is 5.91 Å². The number of methoxy groups -OCH3 is 1. The molecular formula is C25H28N2O4S. The van der Waals surface area contributed by atoms with E-state index in [1.54, 1.807) is 31.4 Å². The number of sulfonamides is 1. The second-order valence-corrected chi connectivity index (χ2v) is 11.1. The van der Waals surface area contributed by atoms with E-state index in [2.05, 4.69) is 30.5 Å². The molecule has 32 heavy (non-hydrogen) atoms. The minimum atomic E-state index is -4.09. The summed E-state index contributed by atoms with van der Waals surface area (Å²) in [5, 5.41) is 0.482. The number of carbonyl (C=O) groups excluding carboxylic acids is 1. The number of nitrogens with zero attached hydrogens (tertiary/aromatic N) is 1. The van der Waals surface area contributed by atoms with Gasteiger partial charge in [-0.1, -0.05) is 39.0 Å². The van der Waals surface area contributed by atoms with Crippen molar-refractivity contribution in [2.24, 2.45) is 0 Å². The van der Waals surface area contributed by atoms with Gasteiger partial charge < -0.3 is 4.74 Å². The second-order valence-electron chi connectivity index (χ2n) is 9.46. The first kappa shape index (κ1) is 22.3. The van der Waals surface area contributed by atoms with Crippen molar-refractivity contribution in [1.82, 2.24) is 9.71 Å². The van der Waals surface area contributed by atoms with Gasteiger partial charge in [-0.05, 0) is 61.1 Å². The zero-order chi connectivity index (χ0) is 23.3. The van der Waals surface area contributed by atoms with Crippen LogP contribution in [-0.4, -0.2) is 26.4 Å². The molecule has 1 heterocycles. The normalized spacial score (nSPS) is 15.4. The number of hydrogen-bond donors (Lipinski definition) is 1. The van der Waals surface area contributed by atoms with E-state index >= 15 is 0 Å². The number of aryl methyl sites for hydroxylation is 1. The molecule has 4 rings (SSSR count). The molecule has 1 saturated carbocycles. The monoisotopic (exact) mass is 452 g/mol. The van der Waals surface area contributed by atoms with Crippen LogP contribution in [0.4, 0.5) is 0 Å². The van der Waals surface area contributed by atoms with Crippen LogP contribution in [0, 0.1) is 6.92 Å². The van der Waals surface area contributed by atoms with Gasteiger partial charge in [-0.2, -0.15) is 0 Å². The van der Waals surface area contributed by atoms with E-state index in [-0.39, 0.29) is 10.3 Å². The fourth-order valence-electron chi connectivity index (χ4n) is 4.03. The topological polar surface area (TPSA) is 85.4 Å². The molecule has 168 valence electrons. The van der Waals surface area contributed by atoms with Crippen LogP contribution in [0.3, 0.4) is 0 Å². The summed E-state index contributed by atoms with van der Waals surface area (Å²) in [5.41, 5.74) is 2.12. The number of pyridine rings is 1. The highest BCUT2D eigenvalue weighted by atomic mass is 32.2. The lowest BCUT2D eigenvalue weighted by Gasteiger charge is -2.24. The van der Waals surface area contributed by atoms with Gasteiger partial charge in [-0.15, -0.1) is 0 Å². The molecule has 0 unspecified atom stereocenters. The number of benzene rings is 2. The van der Waals surface area contributed by atoms with Crippen LogP contribution >= 0.6 is 0 Å². The van der Waals surface area contributed by atoms with Gasteiger partial charge in [0.05, 0.1) is 22.9 Å². The molecule has 1 aliphatic carbocycles. The minimum Gasteiger partial charge on any atom is -0.496 e. The summed E-state index contributed by atoms with van der Waals surface area (Å²) in [6, 6.07) is 14.2. The Balaban J connectivity index is 1.72. The van der Waals surface area contributed by atoms with E-state index in [0.717, 1.165) is 16.8 Å². The van der Waals surface area contributed by atoms with Crippen molar-refractivity contribution < 1.29 is 17.9 Å². The van der Waals surface area contributed by atoms with Gasteiger partial charge in [0.25, 0.3) is 10.0 Å². The molecule has 0 aliphatic heterocycles. The number of hydrogen-bond acceptors (Lipinski definition) is 5. The summed E-state index contributed by atoms with van der Waals surface area (Å²) in [7, 11) is -2.53. The number of amides is 1. The van der Waals surface area contributed by atoms with E-state index in [9.17, 15) is 13.2 Å². The lowest BCUT2D eigenvalue weighted by atomic mass is 9.83. The van der Waals surface area contributed by atoms with Crippen molar-refractivity contribution in [3.8, 4) is 5.75 Å². The maximum Gasteiger partial charge on any atom is 0.264 e. The third-order valence-electron chi connectivity index (χ3n) is 6.11. The largest absolute Gasteiger partial charge is 0.496 e. The summed E-state index contributed by atoms with van der Waals surface area (Å²) >= 11 is 0. The number of carbonyl (C=O) groups is 1. The Bertz CT molecular complexity index is 1320. The molecule has 1 aromatic heterocycles. The Kier molecular flexibility index (Phi) is 5.28. The van der Waals surface area contributed by atoms with Gasteiger partial charge in [-0.25, -0.2) is 13.1 Å². The molecule has 0 bridgehead atoms. The summed E-state index contributed by atoms with van der Waals surface area (Å²) < 4.78 is 34.3. The second kappa shape index (κ2) is 7.59. The van der Waals surface area contributed by atoms with Gasteiger partial charge in [0.15, 0.2) is 0 Å². The fourth-order valence-corrected chi connectivity index (χ4v) is 5.30. The third-order valence-corrected chi connectivity index (χ3v) is 7.50. The van der Waals surface area contributed by atoms with Crippen LogP contribution in [0.1, 0.15) is 50.4 Å². The zero-order valence-corrected chi connectivity index (χ0v) is 19.8. The Morgan fingerprint density at radius 3 is 2.44 bits per heavy atom. The Morgan fingerprint density at radius 2 is 1.81 bits per heavy atom. The summed E-state index contributed by atoms with van der Waals surface area (Å²) in [6.45, 7) is 8.13. The molecular weight excluding hydrogens is 424 g/mol. The van der Waals surface area contributed by atoms with E-state index in [4.69, 9.17) is 4.74 Å². The van der Waals surface area contributed by atoms with Gasteiger partial charge in [0.1, 0.15) is 5.75 Å². The number of fused-ring (bicyclic) bond motifs is 1. The zero-order valence-electron chi connectivity index (χ0n) is 19.0. The molecule has 0 spiro atoms. The van der Waals surface area contributed by atoms with Crippen molar-refractivity contribution in [2.45, 2.75) is 56.3 Å². The fraction of sp³-hybridized carbons (Fsp3) is 0.360. The van der Waals surface area contributed by atoms with Crippen LogP contribution in [0.5, 0.6) is 5.75 Å². The maximum atomic E-state index is 13.4. The van der Waals surface area contributed by atoms with Gasteiger partial charge in [0, 0.05) is 16.6 Å². The first-order valence-electron chi connectivity index (χ1n) is 10.6. The van der Waals surface area contributed by atoms with Crippen molar-refractivity contribution >= 4 is 26.8 Å². The molecule has 3 aromatic rings. The molecule has 0 radical (unpaired) electrons. The molecule has 1 aliphatic rings. The Hall–Kier alpha value is -2.93. The van der Waals surface area contributed by atoms with Crippen molar-refractivity contribution in [3.63, 3.8) is 0 Å². The van der Waals surface area contributed by atoms with E-state index in [0.29, 0.717) is 29.5 Å². The average Bonchev–Trinajstić information content (AvgIpc) is 3.53. The number of rotatable bonds is 5. The molecule has 2 aromatic carbocycles. The molecule has 6 nitrogen and oxygen atoms in total. The third kappa shape index (κ3) is 3.86. The molecule has 1 N–H and O–H groups in total. The average molecular weight is 453 g/mol. The van der Waals surface area contributed by atoms with Crippen LogP contribution in [0.15, 0.2) is 53.4 Å². The standard InChI is InChI=1S/C25H28N2O4S/c1-16-9-11-18-20(26-16)7-6-8-22(18)32(29,30)27-23(28)25(13-14-25)19-15-17(24(2,3)4)10-12-21(19)31-5/h6-12,15H,13-14H2,1-5H3,(H,27,28). The van der Waals surface area contributed by atoms with Crippen molar-refractivity contribution in [2.75, 3.05) is 7.11 Å². The highest BCUT2D eigenvalue weighted by molar-refractivity contribution is 7.90. The quantitative estimate of drug-likeness (QED) is 0.621. The minimum absolute atomic E-state index is 0.0436. The number of nitrogens with one attached hydrogen (secondary N) is 1. The van der Waals surface area contributed by atoms with Crippen LogP contribution in [-0.2, 0) is 25.6 Å². The highest BCUT2D eigenvalue weighted by Crippen LogP contribution is 2.52. The molecule has 0 saturated heterocycles. The Labute approximate surface area is 189 Å². The van der Waals surface area contributed by atoms with Crippen LogP contribution in [0.2, 0.25) is 0 Å². The van der Waals surface area contributed by atoms with Crippen molar-refractivity contribution in [3.05, 3.63) is 65.4 Å². The predicted octanol–water partition coefficient (Wildman–Crippen LogP) is 4.39. The van der Waals surface area contributed by atoms with Crippen molar-refractivity contribution in [1.29, 1.82) is 0 Å².